The van der Waals surface area contributed by atoms with Crippen LogP contribution in [0.3, 0.4) is 0 Å². The molecule has 1 aliphatic carbocycles. The smallest absolute Gasteiger partial charge is 0.221 e. The van der Waals surface area contributed by atoms with E-state index in [-0.39, 0.29) is 11.9 Å². The summed E-state index contributed by atoms with van der Waals surface area (Å²) in [6.45, 7) is 2.71. The van der Waals surface area contributed by atoms with E-state index in [4.69, 9.17) is 5.73 Å². The number of fused-ring (bicyclic) bond motifs is 1. The molecule has 1 aromatic heterocycles. The van der Waals surface area contributed by atoms with Crippen molar-refractivity contribution in [1.82, 2.24) is 9.97 Å². The van der Waals surface area contributed by atoms with Crippen molar-refractivity contribution in [2.75, 3.05) is 17.2 Å². The van der Waals surface area contributed by atoms with Crippen LogP contribution in [0.2, 0.25) is 0 Å². The molecule has 2 heterocycles. The Balaban J connectivity index is 1.61. The fourth-order valence-corrected chi connectivity index (χ4v) is 4.00. The minimum absolute atomic E-state index is 0.277. The van der Waals surface area contributed by atoms with Crippen molar-refractivity contribution in [3.05, 3.63) is 41.6 Å². The zero-order valence-corrected chi connectivity index (χ0v) is 15.1. The van der Waals surface area contributed by atoms with E-state index in [1.165, 1.54) is 18.4 Å². The second kappa shape index (κ2) is 6.62. The SMILES string of the molecule is CC(O)(C#Cc1ccc2c(c1)N(c1ccnc(N)n1)CC2)C1CCCC1. The van der Waals surface area contributed by atoms with Gasteiger partial charge >= 0.3 is 0 Å². The third-order valence-electron chi connectivity index (χ3n) is 5.53. The van der Waals surface area contributed by atoms with E-state index in [1.807, 2.05) is 19.1 Å². The van der Waals surface area contributed by atoms with Crippen molar-refractivity contribution in [2.24, 2.45) is 5.92 Å². The minimum Gasteiger partial charge on any atom is -0.378 e. The lowest BCUT2D eigenvalue weighted by molar-refractivity contribution is 0.0589. The second-order valence-corrected chi connectivity index (χ2v) is 7.40. The molecule has 5 heteroatoms. The fraction of sp³-hybridized carbons (Fsp3) is 0.429. The van der Waals surface area contributed by atoms with Crippen LogP contribution in [0.15, 0.2) is 30.5 Å². The maximum atomic E-state index is 10.7. The summed E-state index contributed by atoms with van der Waals surface area (Å²) in [6, 6.07) is 8.11. The monoisotopic (exact) mass is 348 g/mol. The summed E-state index contributed by atoms with van der Waals surface area (Å²) in [5.41, 5.74) is 8.11. The quantitative estimate of drug-likeness (QED) is 0.816. The van der Waals surface area contributed by atoms with Crippen LogP contribution in [0.1, 0.15) is 43.7 Å². The van der Waals surface area contributed by atoms with Gasteiger partial charge in [-0.2, -0.15) is 4.98 Å². The topological polar surface area (TPSA) is 75.3 Å². The van der Waals surface area contributed by atoms with E-state index < -0.39 is 5.60 Å². The predicted molar refractivity (Wildman–Crippen MR) is 103 cm³/mol. The summed E-state index contributed by atoms with van der Waals surface area (Å²) in [6.07, 6.45) is 7.16. The third kappa shape index (κ3) is 3.25. The lowest BCUT2D eigenvalue weighted by atomic mass is 9.88. The average Bonchev–Trinajstić information content (AvgIpc) is 3.30. The molecule has 0 amide bonds. The molecule has 2 aliphatic rings. The maximum Gasteiger partial charge on any atom is 0.221 e. The number of aliphatic hydroxyl groups is 1. The van der Waals surface area contributed by atoms with Crippen LogP contribution < -0.4 is 10.6 Å². The van der Waals surface area contributed by atoms with Crippen LogP contribution in [0, 0.1) is 17.8 Å². The van der Waals surface area contributed by atoms with Crippen LogP contribution in [-0.4, -0.2) is 27.2 Å². The Bertz CT molecular complexity index is 875. The standard InChI is InChI=1S/C21H24N4O/c1-21(26,17-4-2-3-5-17)11-8-15-6-7-16-10-13-25(18(16)14-15)19-9-12-23-20(22)24-19/h6-7,9,12,14,17,26H,2-5,10,13H2,1H3,(H2,22,23,24). The van der Waals surface area contributed by atoms with Gasteiger partial charge in [-0.15, -0.1) is 0 Å². The first kappa shape index (κ1) is 16.9. The highest BCUT2D eigenvalue weighted by Crippen LogP contribution is 2.35. The van der Waals surface area contributed by atoms with Crippen LogP contribution in [0.4, 0.5) is 17.5 Å². The van der Waals surface area contributed by atoms with Gasteiger partial charge in [-0.3, -0.25) is 0 Å². The molecule has 26 heavy (non-hydrogen) atoms. The van der Waals surface area contributed by atoms with Gasteiger partial charge in [-0.25, -0.2) is 4.98 Å². The predicted octanol–water partition coefficient (Wildman–Crippen LogP) is 3.05. The highest BCUT2D eigenvalue weighted by atomic mass is 16.3. The molecule has 1 saturated carbocycles. The van der Waals surface area contributed by atoms with Crippen LogP contribution in [0.25, 0.3) is 0 Å². The van der Waals surface area contributed by atoms with Gasteiger partial charge in [-0.1, -0.05) is 30.7 Å². The van der Waals surface area contributed by atoms with E-state index in [1.54, 1.807) is 6.20 Å². The maximum absolute atomic E-state index is 10.7. The van der Waals surface area contributed by atoms with Crippen molar-refractivity contribution in [2.45, 2.75) is 44.6 Å². The van der Waals surface area contributed by atoms with Crippen molar-refractivity contribution in [1.29, 1.82) is 0 Å². The van der Waals surface area contributed by atoms with Crippen LogP contribution >= 0.6 is 0 Å². The summed E-state index contributed by atoms with van der Waals surface area (Å²) in [4.78, 5) is 10.5. The summed E-state index contributed by atoms with van der Waals surface area (Å²) in [5, 5.41) is 10.7. The Labute approximate surface area is 154 Å². The highest BCUT2D eigenvalue weighted by molar-refractivity contribution is 5.69. The molecule has 1 unspecified atom stereocenters. The normalized spacial score (nSPS) is 18.9. The molecule has 1 aliphatic heterocycles. The van der Waals surface area contributed by atoms with Crippen LogP contribution in [0.5, 0.6) is 0 Å². The van der Waals surface area contributed by atoms with Gasteiger partial charge in [0.15, 0.2) is 0 Å². The Hall–Kier alpha value is -2.58. The minimum atomic E-state index is -0.920. The van der Waals surface area contributed by atoms with Gasteiger partial charge in [-0.05, 0) is 55.9 Å². The molecule has 4 rings (SSSR count). The van der Waals surface area contributed by atoms with E-state index in [2.05, 4.69) is 38.8 Å². The molecule has 3 N–H and O–H groups in total. The number of benzene rings is 1. The van der Waals surface area contributed by atoms with Gasteiger partial charge in [0.05, 0.1) is 0 Å². The Morgan fingerprint density at radius 3 is 2.85 bits per heavy atom. The number of hydrogen-bond acceptors (Lipinski definition) is 5. The number of nitrogens with two attached hydrogens (primary N) is 1. The molecular weight excluding hydrogens is 324 g/mol. The first-order valence-corrected chi connectivity index (χ1v) is 9.27. The van der Waals surface area contributed by atoms with Gasteiger partial charge in [0.25, 0.3) is 0 Å². The lowest BCUT2D eigenvalue weighted by Gasteiger charge is -2.24. The molecule has 134 valence electrons. The third-order valence-corrected chi connectivity index (χ3v) is 5.53. The number of hydrogen-bond donors (Lipinski definition) is 2. The molecule has 1 fully saturated rings. The molecular formula is C21H24N4O. The van der Waals surface area contributed by atoms with Crippen molar-refractivity contribution in [3.8, 4) is 11.8 Å². The van der Waals surface area contributed by atoms with E-state index in [0.717, 1.165) is 42.9 Å². The van der Waals surface area contributed by atoms with Crippen LogP contribution in [-0.2, 0) is 6.42 Å². The second-order valence-electron chi connectivity index (χ2n) is 7.40. The molecule has 0 spiro atoms. The number of anilines is 3. The highest BCUT2D eigenvalue weighted by Gasteiger charge is 2.32. The zero-order valence-electron chi connectivity index (χ0n) is 15.1. The number of aromatic nitrogens is 2. The van der Waals surface area contributed by atoms with Crippen molar-refractivity contribution < 1.29 is 5.11 Å². The van der Waals surface area contributed by atoms with E-state index in [9.17, 15) is 5.11 Å². The molecule has 5 nitrogen and oxygen atoms in total. The first-order chi connectivity index (χ1) is 12.5. The Morgan fingerprint density at radius 2 is 2.08 bits per heavy atom. The Morgan fingerprint density at radius 1 is 1.27 bits per heavy atom. The van der Waals surface area contributed by atoms with Gasteiger partial charge < -0.3 is 15.7 Å². The lowest BCUT2D eigenvalue weighted by Crippen LogP contribution is -2.30. The largest absolute Gasteiger partial charge is 0.378 e. The van der Waals surface area contributed by atoms with Gasteiger partial charge in [0.2, 0.25) is 5.95 Å². The van der Waals surface area contributed by atoms with E-state index >= 15 is 0 Å². The number of nitrogens with zero attached hydrogens (tertiary/aromatic N) is 3. The summed E-state index contributed by atoms with van der Waals surface area (Å²) in [7, 11) is 0. The van der Waals surface area contributed by atoms with Gasteiger partial charge in [0.1, 0.15) is 11.4 Å². The molecule has 1 aromatic carbocycles. The molecule has 1 atom stereocenters. The summed E-state index contributed by atoms with van der Waals surface area (Å²) in [5.74, 6) is 7.67. The Kier molecular flexibility index (Phi) is 4.29. The zero-order chi connectivity index (χ0) is 18.1. The van der Waals surface area contributed by atoms with Crippen molar-refractivity contribution in [3.63, 3.8) is 0 Å². The summed E-state index contributed by atoms with van der Waals surface area (Å²) >= 11 is 0. The average molecular weight is 348 g/mol. The fourth-order valence-electron chi connectivity index (χ4n) is 4.00. The molecule has 0 radical (unpaired) electrons. The van der Waals surface area contributed by atoms with E-state index in [0.29, 0.717) is 0 Å². The molecule has 2 aromatic rings. The number of rotatable bonds is 2. The molecule has 0 bridgehead atoms. The van der Waals surface area contributed by atoms with Crippen molar-refractivity contribution >= 4 is 17.5 Å². The summed E-state index contributed by atoms with van der Waals surface area (Å²) < 4.78 is 0. The molecule has 0 saturated heterocycles. The van der Waals surface area contributed by atoms with Gasteiger partial charge in [0, 0.05) is 24.0 Å². The first-order valence-electron chi connectivity index (χ1n) is 9.27. The number of nitrogen functional groups attached to an aromatic ring is 1.